The number of likely N-dealkylation sites (N-methyl/N-ethyl adjacent to an activating group) is 1. The van der Waals surface area contributed by atoms with Gasteiger partial charge in [0.25, 0.3) is 0 Å². The topological polar surface area (TPSA) is 70.7 Å². The highest BCUT2D eigenvalue weighted by molar-refractivity contribution is 5.85. The Kier molecular flexibility index (Phi) is 8.10. The van der Waals surface area contributed by atoms with Crippen LogP contribution in [-0.2, 0) is 9.59 Å². The number of para-hydroxylation sites is 1. The first-order valence-corrected chi connectivity index (χ1v) is 9.90. The van der Waals surface area contributed by atoms with E-state index in [4.69, 9.17) is 4.74 Å². The van der Waals surface area contributed by atoms with Crippen LogP contribution in [0.4, 0.5) is 0 Å². The number of nitrogens with zero attached hydrogens (tertiary/aromatic N) is 1. The number of hydrogen-bond acceptors (Lipinski definition) is 4. The molecule has 1 aromatic carbocycles. The molecule has 1 fully saturated rings. The number of carbonyl (C=O) groups excluding carboxylic acids is 2. The summed E-state index contributed by atoms with van der Waals surface area (Å²) in [6, 6.07) is 7.61. The summed E-state index contributed by atoms with van der Waals surface area (Å²) in [5.74, 6) is 0.564. The van der Waals surface area contributed by atoms with Crippen molar-refractivity contribution in [1.29, 1.82) is 0 Å². The van der Waals surface area contributed by atoms with Crippen molar-refractivity contribution >= 4 is 11.8 Å². The second kappa shape index (κ2) is 10.3. The minimum Gasteiger partial charge on any atom is -0.496 e. The Morgan fingerprint density at radius 1 is 1.37 bits per heavy atom. The number of carbonyl (C=O) groups is 2. The van der Waals surface area contributed by atoms with Crippen molar-refractivity contribution in [3.05, 3.63) is 29.8 Å². The summed E-state index contributed by atoms with van der Waals surface area (Å²) in [4.78, 5) is 27.6. The number of amides is 2. The molecule has 1 aliphatic heterocycles. The molecular weight excluding hydrogens is 342 g/mol. The molecule has 1 aromatic rings. The van der Waals surface area contributed by atoms with E-state index in [0.717, 1.165) is 24.2 Å². The first kappa shape index (κ1) is 21.2. The molecule has 3 unspecified atom stereocenters. The van der Waals surface area contributed by atoms with Crippen LogP contribution >= 0.6 is 0 Å². The lowest BCUT2D eigenvalue weighted by atomic mass is 9.83. The van der Waals surface area contributed by atoms with Gasteiger partial charge in [0, 0.05) is 31.1 Å². The van der Waals surface area contributed by atoms with Crippen LogP contribution in [-0.4, -0.2) is 50.0 Å². The SMILES string of the molecule is CCCCN1C(=O)CCC(C(=O)NCC(C)NC)C1c1ccccc1OC. The first-order valence-electron chi connectivity index (χ1n) is 9.90. The summed E-state index contributed by atoms with van der Waals surface area (Å²) in [5.41, 5.74) is 0.908. The van der Waals surface area contributed by atoms with E-state index in [0.29, 0.717) is 25.9 Å². The Morgan fingerprint density at radius 2 is 2.11 bits per heavy atom. The molecule has 1 heterocycles. The molecule has 1 aliphatic rings. The number of methoxy groups -OCH3 is 1. The van der Waals surface area contributed by atoms with Crippen molar-refractivity contribution in [2.45, 2.75) is 51.6 Å². The molecule has 2 rings (SSSR count). The van der Waals surface area contributed by atoms with Gasteiger partial charge in [-0.3, -0.25) is 9.59 Å². The van der Waals surface area contributed by atoms with Gasteiger partial charge in [-0.25, -0.2) is 0 Å². The second-order valence-electron chi connectivity index (χ2n) is 7.21. The van der Waals surface area contributed by atoms with Gasteiger partial charge in [-0.05, 0) is 32.9 Å². The van der Waals surface area contributed by atoms with E-state index in [2.05, 4.69) is 17.6 Å². The number of unbranched alkanes of at least 4 members (excludes halogenated alkanes) is 1. The van der Waals surface area contributed by atoms with Gasteiger partial charge in [-0.2, -0.15) is 0 Å². The van der Waals surface area contributed by atoms with Crippen molar-refractivity contribution < 1.29 is 14.3 Å². The van der Waals surface area contributed by atoms with Crippen LogP contribution in [0.3, 0.4) is 0 Å². The van der Waals surface area contributed by atoms with Gasteiger partial charge in [-0.1, -0.05) is 31.5 Å². The fourth-order valence-electron chi connectivity index (χ4n) is 3.60. The third-order valence-corrected chi connectivity index (χ3v) is 5.33. The summed E-state index contributed by atoms with van der Waals surface area (Å²) >= 11 is 0. The van der Waals surface area contributed by atoms with Gasteiger partial charge in [-0.15, -0.1) is 0 Å². The Balaban J connectivity index is 2.34. The molecule has 1 saturated heterocycles. The fraction of sp³-hybridized carbons (Fsp3) is 0.619. The number of benzene rings is 1. The summed E-state index contributed by atoms with van der Waals surface area (Å²) < 4.78 is 5.55. The minimum atomic E-state index is -0.293. The van der Waals surface area contributed by atoms with Crippen molar-refractivity contribution in [2.24, 2.45) is 5.92 Å². The lowest BCUT2D eigenvalue weighted by Gasteiger charge is -2.41. The maximum absolute atomic E-state index is 13.0. The zero-order valence-electron chi connectivity index (χ0n) is 17.0. The molecule has 2 amide bonds. The summed E-state index contributed by atoms with van der Waals surface area (Å²) in [6.07, 6.45) is 2.89. The van der Waals surface area contributed by atoms with E-state index in [-0.39, 0.29) is 29.8 Å². The molecule has 0 saturated carbocycles. The molecule has 3 atom stereocenters. The smallest absolute Gasteiger partial charge is 0.225 e. The zero-order valence-corrected chi connectivity index (χ0v) is 17.0. The molecule has 27 heavy (non-hydrogen) atoms. The highest BCUT2D eigenvalue weighted by Gasteiger charge is 2.41. The van der Waals surface area contributed by atoms with Crippen LogP contribution in [0.25, 0.3) is 0 Å². The third kappa shape index (κ3) is 5.22. The van der Waals surface area contributed by atoms with Gasteiger partial charge in [0.2, 0.25) is 11.8 Å². The van der Waals surface area contributed by atoms with Gasteiger partial charge in [0.1, 0.15) is 5.75 Å². The number of piperidine rings is 1. The normalized spacial score (nSPS) is 21.0. The van der Waals surface area contributed by atoms with Crippen LogP contribution in [0.5, 0.6) is 5.75 Å². The molecular formula is C21H33N3O3. The Morgan fingerprint density at radius 3 is 2.78 bits per heavy atom. The molecule has 2 N–H and O–H groups in total. The summed E-state index contributed by atoms with van der Waals surface area (Å²) in [7, 11) is 3.50. The predicted molar refractivity (Wildman–Crippen MR) is 107 cm³/mol. The number of rotatable bonds is 9. The molecule has 0 radical (unpaired) electrons. The average Bonchev–Trinajstić information content (AvgIpc) is 2.70. The minimum absolute atomic E-state index is 0.00186. The highest BCUT2D eigenvalue weighted by atomic mass is 16.5. The number of likely N-dealkylation sites (tertiary alicyclic amines) is 1. The second-order valence-corrected chi connectivity index (χ2v) is 7.21. The van der Waals surface area contributed by atoms with Crippen LogP contribution < -0.4 is 15.4 Å². The zero-order chi connectivity index (χ0) is 19.8. The quantitative estimate of drug-likeness (QED) is 0.696. The van der Waals surface area contributed by atoms with Gasteiger partial charge < -0.3 is 20.3 Å². The number of nitrogens with one attached hydrogen (secondary N) is 2. The van der Waals surface area contributed by atoms with E-state index in [1.165, 1.54) is 0 Å². The van der Waals surface area contributed by atoms with E-state index >= 15 is 0 Å². The van der Waals surface area contributed by atoms with Gasteiger partial charge in [0.15, 0.2) is 0 Å². The van der Waals surface area contributed by atoms with Crippen molar-refractivity contribution in [2.75, 3.05) is 27.2 Å². The maximum atomic E-state index is 13.0. The maximum Gasteiger partial charge on any atom is 0.225 e. The monoisotopic (exact) mass is 375 g/mol. The number of ether oxygens (including phenoxy) is 1. The van der Waals surface area contributed by atoms with E-state index in [1.807, 2.05) is 43.1 Å². The average molecular weight is 376 g/mol. The molecule has 0 aromatic heterocycles. The van der Waals surface area contributed by atoms with Gasteiger partial charge in [0.05, 0.1) is 19.1 Å². The third-order valence-electron chi connectivity index (χ3n) is 5.33. The molecule has 6 nitrogen and oxygen atoms in total. The van der Waals surface area contributed by atoms with Crippen LogP contribution in [0.15, 0.2) is 24.3 Å². The highest BCUT2D eigenvalue weighted by Crippen LogP contribution is 2.40. The van der Waals surface area contributed by atoms with Crippen molar-refractivity contribution in [1.82, 2.24) is 15.5 Å². The van der Waals surface area contributed by atoms with Crippen LogP contribution in [0.2, 0.25) is 0 Å². The van der Waals surface area contributed by atoms with Gasteiger partial charge >= 0.3 is 0 Å². The molecule has 0 spiro atoms. The Bertz CT molecular complexity index is 635. The van der Waals surface area contributed by atoms with Crippen molar-refractivity contribution in [3.63, 3.8) is 0 Å². The molecule has 150 valence electrons. The number of hydrogen-bond donors (Lipinski definition) is 2. The summed E-state index contributed by atoms with van der Waals surface area (Å²) in [6.45, 7) is 5.36. The van der Waals surface area contributed by atoms with E-state index < -0.39 is 0 Å². The lowest BCUT2D eigenvalue weighted by Crippen LogP contribution is -2.49. The van der Waals surface area contributed by atoms with Crippen molar-refractivity contribution in [3.8, 4) is 5.75 Å². The van der Waals surface area contributed by atoms with Crippen LogP contribution in [0.1, 0.15) is 51.1 Å². The lowest BCUT2D eigenvalue weighted by molar-refractivity contribution is -0.143. The molecule has 0 aliphatic carbocycles. The van der Waals surface area contributed by atoms with E-state index in [1.54, 1.807) is 7.11 Å². The Hall–Kier alpha value is -2.08. The molecule has 6 heteroatoms. The summed E-state index contributed by atoms with van der Waals surface area (Å²) in [5, 5.41) is 6.18. The Labute approximate surface area is 162 Å². The standard InChI is InChI=1S/C21H33N3O3/c1-5-6-13-24-19(25)12-11-17(21(26)23-14-15(2)22-3)20(24)16-9-7-8-10-18(16)27-4/h7-10,15,17,20,22H,5-6,11-14H2,1-4H3,(H,23,26). The first-order chi connectivity index (χ1) is 13.0. The fourth-order valence-corrected chi connectivity index (χ4v) is 3.60. The van der Waals surface area contributed by atoms with Crippen LogP contribution in [0, 0.1) is 5.92 Å². The molecule has 0 bridgehead atoms. The van der Waals surface area contributed by atoms with E-state index in [9.17, 15) is 9.59 Å². The largest absolute Gasteiger partial charge is 0.496 e. The predicted octanol–water partition coefficient (Wildman–Crippen LogP) is 2.50.